The molecule has 0 unspecified atom stereocenters. The second kappa shape index (κ2) is 9.52. The lowest BCUT2D eigenvalue weighted by Crippen LogP contribution is -2.41. The second-order valence-electron chi connectivity index (χ2n) is 7.08. The summed E-state index contributed by atoms with van der Waals surface area (Å²) in [7, 11) is -3.38. The summed E-state index contributed by atoms with van der Waals surface area (Å²) in [5.41, 5.74) is 4.25. The number of hydrogen-bond donors (Lipinski definition) is 1. The van der Waals surface area contributed by atoms with E-state index in [-0.39, 0.29) is 11.7 Å². The SMILES string of the molecule is CCc1cccc(CC)c1NC(=O)c1ccc(CS(=O)(=O)N2CCOCC2)cc1. The number of carbonyl (C=O) groups excluding carboxylic acids is 1. The van der Waals surface area contributed by atoms with Gasteiger partial charge in [0.1, 0.15) is 0 Å². The summed E-state index contributed by atoms with van der Waals surface area (Å²) in [6.45, 7) is 5.76. The van der Waals surface area contributed by atoms with E-state index in [1.54, 1.807) is 24.3 Å². The van der Waals surface area contributed by atoms with Crippen LogP contribution in [0.5, 0.6) is 0 Å². The van der Waals surface area contributed by atoms with E-state index in [0.29, 0.717) is 37.4 Å². The van der Waals surface area contributed by atoms with Gasteiger partial charge in [-0.25, -0.2) is 8.42 Å². The maximum absolute atomic E-state index is 12.7. The number of rotatable bonds is 7. The van der Waals surface area contributed by atoms with E-state index < -0.39 is 10.0 Å². The van der Waals surface area contributed by atoms with Crippen molar-refractivity contribution >= 4 is 21.6 Å². The molecule has 1 aliphatic heterocycles. The standard InChI is InChI=1S/C22H28N2O4S/c1-3-18-6-5-7-19(4-2)21(18)23-22(25)20-10-8-17(9-11-20)16-29(26,27)24-12-14-28-15-13-24/h5-11H,3-4,12-16H2,1-2H3,(H,23,25). The normalized spacial score (nSPS) is 15.2. The van der Waals surface area contributed by atoms with Crippen LogP contribution >= 0.6 is 0 Å². The number of hydrogen-bond acceptors (Lipinski definition) is 4. The number of nitrogens with zero attached hydrogens (tertiary/aromatic N) is 1. The number of morpholine rings is 1. The molecule has 0 saturated carbocycles. The number of aryl methyl sites for hydroxylation is 2. The van der Waals surface area contributed by atoms with E-state index in [1.165, 1.54) is 4.31 Å². The molecule has 0 aromatic heterocycles. The number of anilines is 1. The van der Waals surface area contributed by atoms with Crippen molar-refractivity contribution in [1.82, 2.24) is 4.31 Å². The molecule has 0 atom stereocenters. The van der Waals surface area contributed by atoms with Crippen LogP contribution in [0.25, 0.3) is 0 Å². The zero-order valence-corrected chi connectivity index (χ0v) is 17.8. The molecule has 0 spiro atoms. The minimum Gasteiger partial charge on any atom is -0.379 e. The molecule has 3 rings (SSSR count). The predicted molar refractivity (Wildman–Crippen MR) is 115 cm³/mol. The average molecular weight is 417 g/mol. The van der Waals surface area contributed by atoms with Crippen LogP contribution in [0.4, 0.5) is 5.69 Å². The van der Waals surface area contributed by atoms with E-state index >= 15 is 0 Å². The summed E-state index contributed by atoms with van der Waals surface area (Å²) in [5, 5.41) is 3.04. The quantitative estimate of drug-likeness (QED) is 0.752. The fourth-order valence-electron chi connectivity index (χ4n) is 3.47. The highest BCUT2D eigenvalue weighted by Gasteiger charge is 2.24. The minimum absolute atomic E-state index is 0.0758. The van der Waals surface area contributed by atoms with Gasteiger partial charge in [-0.3, -0.25) is 4.79 Å². The van der Waals surface area contributed by atoms with Gasteiger partial charge in [-0.15, -0.1) is 0 Å². The Balaban J connectivity index is 1.71. The highest BCUT2D eigenvalue weighted by molar-refractivity contribution is 7.88. The van der Waals surface area contributed by atoms with Gasteiger partial charge in [0.25, 0.3) is 5.91 Å². The molecule has 1 amide bonds. The lowest BCUT2D eigenvalue weighted by atomic mass is 10.0. The van der Waals surface area contributed by atoms with Crippen molar-refractivity contribution < 1.29 is 17.9 Å². The molecular weight excluding hydrogens is 388 g/mol. The Labute approximate surface area is 172 Å². The molecule has 2 aromatic carbocycles. The molecule has 1 fully saturated rings. The summed E-state index contributed by atoms with van der Waals surface area (Å²) >= 11 is 0. The zero-order chi connectivity index (χ0) is 20.9. The Morgan fingerprint density at radius 3 is 2.14 bits per heavy atom. The first-order valence-electron chi connectivity index (χ1n) is 10.0. The van der Waals surface area contributed by atoms with Crippen LogP contribution in [0.2, 0.25) is 0 Å². The van der Waals surface area contributed by atoms with Gasteiger partial charge in [0.15, 0.2) is 0 Å². The maximum Gasteiger partial charge on any atom is 0.255 e. The maximum atomic E-state index is 12.7. The van der Waals surface area contributed by atoms with Crippen molar-refractivity contribution in [2.75, 3.05) is 31.6 Å². The topological polar surface area (TPSA) is 75.7 Å². The molecule has 0 aliphatic carbocycles. The number of carbonyl (C=O) groups is 1. The van der Waals surface area contributed by atoms with Gasteiger partial charge in [-0.05, 0) is 41.7 Å². The highest BCUT2D eigenvalue weighted by Crippen LogP contribution is 2.23. The van der Waals surface area contributed by atoms with Gasteiger partial charge in [0.2, 0.25) is 10.0 Å². The van der Waals surface area contributed by atoms with Crippen LogP contribution < -0.4 is 5.32 Å². The lowest BCUT2D eigenvalue weighted by Gasteiger charge is -2.26. The Morgan fingerprint density at radius 1 is 1.00 bits per heavy atom. The third-order valence-electron chi connectivity index (χ3n) is 5.17. The smallest absolute Gasteiger partial charge is 0.255 e. The number of ether oxygens (including phenoxy) is 1. The summed E-state index contributed by atoms with van der Waals surface area (Å²) in [6.07, 6.45) is 1.67. The number of benzene rings is 2. The molecule has 2 aromatic rings. The van der Waals surface area contributed by atoms with Gasteiger partial charge in [-0.2, -0.15) is 4.31 Å². The largest absolute Gasteiger partial charge is 0.379 e. The van der Waals surface area contributed by atoms with Gasteiger partial charge >= 0.3 is 0 Å². The fraction of sp³-hybridized carbons (Fsp3) is 0.409. The van der Waals surface area contributed by atoms with Crippen molar-refractivity contribution in [2.24, 2.45) is 0 Å². The minimum atomic E-state index is -3.38. The number of amides is 1. The van der Waals surface area contributed by atoms with Gasteiger partial charge in [-0.1, -0.05) is 44.2 Å². The molecule has 156 valence electrons. The van der Waals surface area contributed by atoms with Crippen LogP contribution in [-0.2, 0) is 33.4 Å². The number of sulfonamides is 1. The molecule has 6 nitrogen and oxygen atoms in total. The first-order valence-corrected chi connectivity index (χ1v) is 11.6. The molecule has 1 N–H and O–H groups in total. The molecular formula is C22H28N2O4S. The van der Waals surface area contributed by atoms with E-state index in [1.807, 2.05) is 18.2 Å². The molecule has 29 heavy (non-hydrogen) atoms. The molecule has 0 radical (unpaired) electrons. The van der Waals surface area contributed by atoms with Crippen LogP contribution in [0.1, 0.15) is 40.9 Å². The van der Waals surface area contributed by atoms with Gasteiger partial charge in [0, 0.05) is 24.3 Å². The molecule has 0 bridgehead atoms. The monoisotopic (exact) mass is 416 g/mol. The van der Waals surface area contributed by atoms with Crippen LogP contribution in [0.15, 0.2) is 42.5 Å². The lowest BCUT2D eigenvalue weighted by molar-refractivity contribution is 0.0729. The van der Waals surface area contributed by atoms with Crippen molar-refractivity contribution in [3.8, 4) is 0 Å². The fourth-order valence-corrected chi connectivity index (χ4v) is 4.97. The van der Waals surface area contributed by atoms with Gasteiger partial charge in [0.05, 0.1) is 19.0 Å². The van der Waals surface area contributed by atoms with E-state index in [2.05, 4.69) is 19.2 Å². The van der Waals surface area contributed by atoms with Gasteiger partial charge < -0.3 is 10.1 Å². The molecule has 1 heterocycles. The van der Waals surface area contributed by atoms with E-state index in [4.69, 9.17) is 4.74 Å². The first kappa shape index (κ1) is 21.5. The first-order chi connectivity index (χ1) is 13.9. The summed E-state index contributed by atoms with van der Waals surface area (Å²) in [4.78, 5) is 12.7. The predicted octanol–water partition coefficient (Wildman–Crippen LogP) is 3.23. The summed E-state index contributed by atoms with van der Waals surface area (Å²) in [6, 6.07) is 12.8. The second-order valence-corrected chi connectivity index (χ2v) is 9.05. The van der Waals surface area contributed by atoms with E-state index in [0.717, 1.165) is 29.7 Å². The summed E-state index contributed by atoms with van der Waals surface area (Å²) in [5.74, 6) is -0.267. The zero-order valence-electron chi connectivity index (χ0n) is 17.0. The average Bonchev–Trinajstić information content (AvgIpc) is 2.74. The molecule has 7 heteroatoms. The van der Waals surface area contributed by atoms with Crippen LogP contribution in [0.3, 0.4) is 0 Å². The van der Waals surface area contributed by atoms with Crippen molar-refractivity contribution in [2.45, 2.75) is 32.4 Å². The number of nitrogens with one attached hydrogen (secondary N) is 1. The van der Waals surface area contributed by atoms with E-state index in [9.17, 15) is 13.2 Å². The highest BCUT2D eigenvalue weighted by atomic mass is 32.2. The third-order valence-corrected chi connectivity index (χ3v) is 7.02. The molecule has 1 aliphatic rings. The van der Waals surface area contributed by atoms with Crippen LogP contribution in [0, 0.1) is 0 Å². The molecule has 1 saturated heterocycles. The Morgan fingerprint density at radius 2 is 1.59 bits per heavy atom. The number of para-hydroxylation sites is 1. The van der Waals surface area contributed by atoms with Crippen LogP contribution in [-0.4, -0.2) is 44.9 Å². The third kappa shape index (κ3) is 5.23. The van der Waals surface area contributed by atoms with Crippen molar-refractivity contribution in [1.29, 1.82) is 0 Å². The Kier molecular flexibility index (Phi) is 7.05. The van der Waals surface area contributed by atoms with Crippen molar-refractivity contribution in [3.63, 3.8) is 0 Å². The Bertz CT molecular complexity index is 927. The van der Waals surface area contributed by atoms with Crippen molar-refractivity contribution in [3.05, 3.63) is 64.7 Å². The summed E-state index contributed by atoms with van der Waals surface area (Å²) < 4.78 is 31.8. The Hall–Kier alpha value is -2.22.